The van der Waals surface area contributed by atoms with Gasteiger partial charge in [0.1, 0.15) is 0 Å². The Labute approximate surface area is 193 Å². The first-order valence-electron chi connectivity index (χ1n) is 10.8. The molecule has 7 nitrogen and oxygen atoms in total. The standard InChI is InChI=1S/C23H27ClN2O5S/c1-15-12-21(16(2)26(15)19-7-8-19)22(27)14-31-23(28)17-4-3-11-25(13-17)32(29,30)20-9-5-18(24)6-10-20/h5-6,9-10,12,17,19H,3-4,7-8,11,13-14H2,1-2H3. The summed E-state index contributed by atoms with van der Waals surface area (Å²) in [7, 11) is -3.73. The van der Waals surface area contributed by atoms with Crippen LogP contribution in [0.5, 0.6) is 0 Å². The van der Waals surface area contributed by atoms with Crippen LogP contribution in [-0.4, -0.2) is 48.7 Å². The van der Waals surface area contributed by atoms with E-state index in [-0.39, 0.29) is 23.8 Å². The number of hydrogen-bond acceptors (Lipinski definition) is 5. The number of piperidine rings is 1. The van der Waals surface area contributed by atoms with E-state index in [1.54, 1.807) is 0 Å². The summed E-state index contributed by atoms with van der Waals surface area (Å²) in [6, 6.07) is 8.28. The van der Waals surface area contributed by atoms with Crippen molar-refractivity contribution >= 4 is 33.4 Å². The zero-order chi connectivity index (χ0) is 23.0. The topological polar surface area (TPSA) is 85.7 Å². The van der Waals surface area contributed by atoms with Gasteiger partial charge in [-0.1, -0.05) is 11.6 Å². The lowest BCUT2D eigenvalue weighted by atomic mass is 10.00. The molecule has 0 spiro atoms. The molecule has 1 aromatic carbocycles. The van der Waals surface area contributed by atoms with Gasteiger partial charge in [0.2, 0.25) is 15.8 Å². The molecular formula is C23H27ClN2O5S. The number of nitrogens with zero attached hydrogens (tertiary/aromatic N) is 2. The van der Waals surface area contributed by atoms with E-state index in [2.05, 4.69) is 4.57 Å². The Morgan fingerprint density at radius 2 is 1.81 bits per heavy atom. The number of aromatic nitrogens is 1. The summed E-state index contributed by atoms with van der Waals surface area (Å²) in [4.78, 5) is 25.5. The van der Waals surface area contributed by atoms with Gasteiger partial charge < -0.3 is 9.30 Å². The molecule has 1 aliphatic carbocycles. The maximum absolute atomic E-state index is 12.9. The monoisotopic (exact) mass is 478 g/mol. The van der Waals surface area contributed by atoms with Crippen molar-refractivity contribution in [2.24, 2.45) is 5.92 Å². The summed E-state index contributed by atoms with van der Waals surface area (Å²) in [5.41, 5.74) is 2.52. The molecule has 9 heteroatoms. The van der Waals surface area contributed by atoms with Crippen molar-refractivity contribution in [1.29, 1.82) is 0 Å². The lowest BCUT2D eigenvalue weighted by molar-refractivity contribution is -0.148. The molecule has 2 fully saturated rings. The van der Waals surface area contributed by atoms with Crippen molar-refractivity contribution in [3.8, 4) is 0 Å². The second-order valence-corrected chi connectivity index (χ2v) is 10.9. The highest BCUT2D eigenvalue weighted by molar-refractivity contribution is 7.89. The van der Waals surface area contributed by atoms with Crippen LogP contribution >= 0.6 is 11.6 Å². The average molecular weight is 479 g/mol. The van der Waals surface area contributed by atoms with E-state index >= 15 is 0 Å². The molecule has 1 unspecified atom stereocenters. The van der Waals surface area contributed by atoms with Crippen LogP contribution < -0.4 is 0 Å². The van der Waals surface area contributed by atoms with Crippen LogP contribution in [0, 0.1) is 19.8 Å². The number of carbonyl (C=O) groups is 2. The number of benzene rings is 1. The van der Waals surface area contributed by atoms with E-state index in [4.69, 9.17) is 16.3 Å². The van der Waals surface area contributed by atoms with E-state index in [0.717, 1.165) is 24.2 Å². The zero-order valence-corrected chi connectivity index (χ0v) is 19.8. The third-order valence-electron chi connectivity index (χ3n) is 6.21. The lowest BCUT2D eigenvalue weighted by Gasteiger charge is -2.30. The van der Waals surface area contributed by atoms with Gasteiger partial charge in [-0.05, 0) is 69.9 Å². The molecule has 1 saturated heterocycles. The second kappa shape index (κ2) is 9.00. The SMILES string of the molecule is Cc1cc(C(=O)COC(=O)C2CCCN(S(=O)(=O)c3ccc(Cl)cc3)C2)c(C)n1C1CC1. The third kappa shape index (κ3) is 4.63. The molecule has 4 rings (SSSR count). The maximum Gasteiger partial charge on any atom is 0.310 e. The molecule has 2 heterocycles. The summed E-state index contributed by atoms with van der Waals surface area (Å²) < 4.78 is 34.7. The Bertz CT molecular complexity index is 1140. The number of Topliss-reactive ketones (excluding diaryl/α,β-unsaturated/α-hetero) is 1. The van der Waals surface area contributed by atoms with Crippen LogP contribution in [0.3, 0.4) is 0 Å². The number of rotatable bonds is 7. The lowest BCUT2D eigenvalue weighted by Crippen LogP contribution is -2.43. The first-order chi connectivity index (χ1) is 15.2. The van der Waals surface area contributed by atoms with Gasteiger partial charge >= 0.3 is 5.97 Å². The fourth-order valence-electron chi connectivity index (χ4n) is 4.40. The predicted molar refractivity (Wildman–Crippen MR) is 120 cm³/mol. The fraction of sp³-hybridized carbons (Fsp3) is 0.478. The number of aryl methyl sites for hydroxylation is 1. The second-order valence-electron chi connectivity index (χ2n) is 8.57. The van der Waals surface area contributed by atoms with Crippen LogP contribution in [0.1, 0.15) is 53.5 Å². The number of carbonyl (C=O) groups excluding carboxylic acids is 2. The third-order valence-corrected chi connectivity index (χ3v) is 8.34. The van der Waals surface area contributed by atoms with Gasteiger partial charge in [-0.25, -0.2) is 8.42 Å². The van der Waals surface area contributed by atoms with E-state index in [1.807, 2.05) is 19.9 Å². The summed E-state index contributed by atoms with van der Waals surface area (Å²) in [5.74, 6) is -1.37. The van der Waals surface area contributed by atoms with Gasteiger partial charge in [0.15, 0.2) is 6.61 Å². The quantitative estimate of drug-likeness (QED) is 0.444. The predicted octanol–water partition coefficient (Wildman–Crippen LogP) is 3.92. The Kier molecular flexibility index (Phi) is 6.47. The minimum absolute atomic E-state index is 0.0359. The Morgan fingerprint density at radius 1 is 1.12 bits per heavy atom. The van der Waals surface area contributed by atoms with Crippen LogP contribution in [0.2, 0.25) is 5.02 Å². The molecule has 0 N–H and O–H groups in total. The highest BCUT2D eigenvalue weighted by atomic mass is 35.5. The van der Waals surface area contributed by atoms with E-state index in [9.17, 15) is 18.0 Å². The van der Waals surface area contributed by atoms with Gasteiger partial charge in [0.25, 0.3) is 0 Å². The van der Waals surface area contributed by atoms with Crippen LogP contribution in [0.15, 0.2) is 35.2 Å². The van der Waals surface area contributed by atoms with Gasteiger partial charge in [-0.3, -0.25) is 9.59 Å². The van der Waals surface area contributed by atoms with Crippen molar-refractivity contribution in [2.75, 3.05) is 19.7 Å². The Hall–Kier alpha value is -2.16. The Balaban J connectivity index is 1.38. The zero-order valence-electron chi connectivity index (χ0n) is 18.2. The maximum atomic E-state index is 12.9. The largest absolute Gasteiger partial charge is 0.457 e. The number of ketones is 1. The van der Waals surface area contributed by atoms with Crippen LogP contribution in [-0.2, 0) is 19.6 Å². The van der Waals surface area contributed by atoms with E-state index in [0.29, 0.717) is 36.0 Å². The molecule has 1 saturated carbocycles. The summed E-state index contributed by atoms with van der Waals surface area (Å²) in [6.07, 6.45) is 3.31. The normalized spacial score (nSPS) is 19.7. The number of sulfonamides is 1. The Morgan fingerprint density at radius 3 is 2.47 bits per heavy atom. The molecule has 172 valence electrons. The van der Waals surface area contributed by atoms with Crippen molar-refractivity contribution in [3.05, 3.63) is 52.3 Å². The minimum Gasteiger partial charge on any atom is -0.457 e. The molecule has 0 bridgehead atoms. The van der Waals surface area contributed by atoms with Crippen molar-refractivity contribution in [1.82, 2.24) is 8.87 Å². The van der Waals surface area contributed by atoms with Gasteiger partial charge in [-0.15, -0.1) is 0 Å². The number of esters is 1. The first-order valence-corrected chi connectivity index (χ1v) is 12.6. The molecule has 0 amide bonds. The molecule has 1 aliphatic heterocycles. The highest BCUT2D eigenvalue weighted by Crippen LogP contribution is 2.38. The number of halogens is 1. The summed E-state index contributed by atoms with van der Waals surface area (Å²) in [5, 5.41) is 0.451. The molecule has 0 radical (unpaired) electrons. The van der Waals surface area contributed by atoms with Crippen molar-refractivity contribution < 1.29 is 22.7 Å². The summed E-state index contributed by atoms with van der Waals surface area (Å²) in [6.45, 7) is 3.93. The van der Waals surface area contributed by atoms with Crippen molar-refractivity contribution in [2.45, 2.75) is 50.5 Å². The minimum atomic E-state index is -3.73. The summed E-state index contributed by atoms with van der Waals surface area (Å²) >= 11 is 5.86. The van der Waals surface area contributed by atoms with Crippen LogP contribution in [0.4, 0.5) is 0 Å². The smallest absolute Gasteiger partial charge is 0.310 e. The van der Waals surface area contributed by atoms with Gasteiger partial charge in [-0.2, -0.15) is 4.31 Å². The molecule has 1 atom stereocenters. The van der Waals surface area contributed by atoms with Gasteiger partial charge in [0, 0.05) is 41.1 Å². The number of ether oxygens (including phenoxy) is 1. The van der Waals surface area contributed by atoms with E-state index in [1.165, 1.54) is 28.6 Å². The average Bonchev–Trinajstić information content (AvgIpc) is 3.56. The first kappa shape index (κ1) is 23.0. The molecule has 2 aromatic rings. The van der Waals surface area contributed by atoms with Gasteiger partial charge in [0.05, 0.1) is 10.8 Å². The van der Waals surface area contributed by atoms with Crippen molar-refractivity contribution in [3.63, 3.8) is 0 Å². The van der Waals surface area contributed by atoms with Crippen LogP contribution in [0.25, 0.3) is 0 Å². The molecule has 1 aromatic heterocycles. The van der Waals surface area contributed by atoms with E-state index < -0.39 is 21.9 Å². The molecule has 2 aliphatic rings. The molecule has 32 heavy (non-hydrogen) atoms. The highest BCUT2D eigenvalue weighted by Gasteiger charge is 2.34. The molecular weight excluding hydrogens is 452 g/mol. The number of hydrogen-bond donors (Lipinski definition) is 0. The fourth-order valence-corrected chi connectivity index (χ4v) is 6.04.